The van der Waals surface area contributed by atoms with Gasteiger partial charge in [-0.05, 0) is 18.3 Å². The van der Waals surface area contributed by atoms with E-state index in [2.05, 4.69) is 34.6 Å². The molecule has 0 bridgehead atoms. The van der Waals surface area contributed by atoms with Crippen molar-refractivity contribution in [1.82, 2.24) is 9.97 Å². The Kier molecular flexibility index (Phi) is 3.65. The monoisotopic (exact) mass is 253 g/mol. The fourth-order valence-electron chi connectivity index (χ4n) is 2.46. The van der Waals surface area contributed by atoms with Gasteiger partial charge >= 0.3 is 0 Å². The molecule has 18 heavy (non-hydrogen) atoms. The van der Waals surface area contributed by atoms with Crippen molar-refractivity contribution in [2.75, 3.05) is 10.7 Å². The number of hydrogen-bond acceptors (Lipinski definition) is 5. The molecule has 0 amide bonds. The lowest BCUT2D eigenvalue weighted by Crippen LogP contribution is -2.39. The molecule has 1 aromatic heterocycles. The number of hydrogen-bond donors (Lipinski definition) is 3. The van der Waals surface area contributed by atoms with Crippen LogP contribution in [0.25, 0.3) is 0 Å². The molecule has 2 rings (SSSR count). The smallest absolute Gasteiger partial charge is 0.239 e. The van der Waals surface area contributed by atoms with Gasteiger partial charge in [0.05, 0.1) is 6.20 Å². The number of nitrogen functional groups attached to an aromatic ring is 1. The molecule has 0 radical (unpaired) electrons. The summed E-state index contributed by atoms with van der Waals surface area (Å²) in [4.78, 5) is 7.74. The SMILES string of the molecule is CC1(C)CCCCC1Nc1nc(NN)ncc1F. The Morgan fingerprint density at radius 2 is 2.22 bits per heavy atom. The number of nitrogens with two attached hydrogens (primary N) is 1. The predicted molar refractivity (Wildman–Crippen MR) is 69.5 cm³/mol. The highest BCUT2D eigenvalue weighted by atomic mass is 19.1. The van der Waals surface area contributed by atoms with Crippen LogP contribution in [0.1, 0.15) is 39.5 Å². The molecule has 5 nitrogen and oxygen atoms in total. The van der Waals surface area contributed by atoms with Gasteiger partial charge in [-0.1, -0.05) is 26.7 Å². The van der Waals surface area contributed by atoms with Gasteiger partial charge in [0.1, 0.15) is 0 Å². The number of hydrazine groups is 1. The second kappa shape index (κ2) is 5.06. The summed E-state index contributed by atoms with van der Waals surface area (Å²) in [6, 6.07) is 0.223. The normalized spacial score (nSPS) is 22.6. The van der Waals surface area contributed by atoms with Gasteiger partial charge in [0.15, 0.2) is 11.6 Å². The van der Waals surface area contributed by atoms with Gasteiger partial charge in [0.25, 0.3) is 0 Å². The molecule has 1 unspecified atom stereocenters. The lowest BCUT2D eigenvalue weighted by molar-refractivity contribution is 0.216. The van der Waals surface area contributed by atoms with E-state index in [1.165, 1.54) is 6.42 Å². The molecule has 0 aliphatic heterocycles. The van der Waals surface area contributed by atoms with Crippen molar-refractivity contribution >= 4 is 11.8 Å². The lowest BCUT2D eigenvalue weighted by atomic mass is 9.73. The highest BCUT2D eigenvalue weighted by Crippen LogP contribution is 2.37. The number of anilines is 2. The summed E-state index contributed by atoms with van der Waals surface area (Å²) in [6.07, 6.45) is 5.68. The van der Waals surface area contributed by atoms with E-state index in [1.54, 1.807) is 0 Å². The Morgan fingerprint density at radius 3 is 2.89 bits per heavy atom. The van der Waals surface area contributed by atoms with E-state index in [0.29, 0.717) is 0 Å². The van der Waals surface area contributed by atoms with Crippen molar-refractivity contribution < 1.29 is 4.39 Å². The van der Waals surface area contributed by atoms with E-state index in [9.17, 15) is 4.39 Å². The molecule has 1 aliphatic carbocycles. The molecule has 1 aliphatic rings. The van der Waals surface area contributed by atoms with Crippen LogP contribution in [0.15, 0.2) is 6.20 Å². The largest absolute Gasteiger partial charge is 0.364 e. The molecule has 1 saturated carbocycles. The minimum atomic E-state index is -0.449. The van der Waals surface area contributed by atoms with Crippen LogP contribution in [0.2, 0.25) is 0 Å². The summed E-state index contributed by atoms with van der Waals surface area (Å²) in [6.45, 7) is 4.40. The van der Waals surface area contributed by atoms with Crippen LogP contribution in [0.5, 0.6) is 0 Å². The number of nitrogens with one attached hydrogen (secondary N) is 2. The predicted octanol–water partition coefficient (Wildman–Crippen LogP) is 2.28. The van der Waals surface area contributed by atoms with Crippen molar-refractivity contribution in [3.05, 3.63) is 12.0 Å². The molecule has 1 heterocycles. The second-order valence-corrected chi connectivity index (χ2v) is 5.47. The van der Waals surface area contributed by atoms with E-state index in [4.69, 9.17) is 5.84 Å². The summed E-state index contributed by atoms with van der Waals surface area (Å²) in [5, 5.41) is 3.19. The summed E-state index contributed by atoms with van der Waals surface area (Å²) >= 11 is 0. The lowest BCUT2D eigenvalue weighted by Gasteiger charge is -2.39. The van der Waals surface area contributed by atoms with Crippen LogP contribution in [0.3, 0.4) is 0 Å². The maximum Gasteiger partial charge on any atom is 0.239 e. The highest BCUT2D eigenvalue weighted by Gasteiger charge is 2.32. The van der Waals surface area contributed by atoms with Crippen LogP contribution < -0.4 is 16.6 Å². The third-order valence-corrected chi connectivity index (χ3v) is 3.69. The molecule has 0 saturated heterocycles. The Balaban J connectivity index is 2.17. The average Bonchev–Trinajstić information content (AvgIpc) is 2.34. The summed E-state index contributed by atoms with van der Waals surface area (Å²) in [5.74, 6) is 5.22. The minimum absolute atomic E-state index is 0.145. The second-order valence-electron chi connectivity index (χ2n) is 5.47. The van der Waals surface area contributed by atoms with Crippen molar-refractivity contribution in [2.45, 2.75) is 45.6 Å². The van der Waals surface area contributed by atoms with Crippen LogP contribution >= 0.6 is 0 Å². The molecule has 4 N–H and O–H groups in total. The molecule has 1 aromatic rings. The van der Waals surface area contributed by atoms with Gasteiger partial charge in [0, 0.05) is 6.04 Å². The highest BCUT2D eigenvalue weighted by molar-refractivity contribution is 5.41. The fraction of sp³-hybridized carbons (Fsp3) is 0.667. The molecule has 6 heteroatoms. The first-order valence-electron chi connectivity index (χ1n) is 6.28. The van der Waals surface area contributed by atoms with Gasteiger partial charge in [-0.2, -0.15) is 4.98 Å². The molecule has 1 fully saturated rings. The van der Waals surface area contributed by atoms with Crippen molar-refractivity contribution in [3.63, 3.8) is 0 Å². The topological polar surface area (TPSA) is 75.9 Å². The standard InChI is InChI=1S/C12H20FN5/c1-12(2)6-4-3-5-9(12)16-10-8(13)7-15-11(17-10)18-14/h7,9H,3-6,14H2,1-2H3,(H2,15,16,17,18). The van der Waals surface area contributed by atoms with Crippen LogP contribution in [0, 0.1) is 11.2 Å². The van der Waals surface area contributed by atoms with Crippen molar-refractivity contribution in [3.8, 4) is 0 Å². The van der Waals surface area contributed by atoms with Gasteiger partial charge in [-0.15, -0.1) is 0 Å². The Bertz CT molecular complexity index is 421. The maximum absolute atomic E-state index is 13.7. The minimum Gasteiger partial charge on any atom is -0.364 e. The van der Waals surface area contributed by atoms with Gasteiger partial charge in [0.2, 0.25) is 5.95 Å². The number of nitrogens with zero attached hydrogens (tertiary/aromatic N) is 2. The first-order valence-corrected chi connectivity index (χ1v) is 6.28. The van der Waals surface area contributed by atoms with Gasteiger partial charge < -0.3 is 5.32 Å². The van der Waals surface area contributed by atoms with Gasteiger partial charge in [-0.3, -0.25) is 5.43 Å². The van der Waals surface area contributed by atoms with E-state index < -0.39 is 5.82 Å². The Hall–Kier alpha value is -1.43. The molecule has 1 atom stereocenters. The zero-order chi connectivity index (χ0) is 13.2. The summed E-state index contributed by atoms with van der Waals surface area (Å²) in [5.41, 5.74) is 2.47. The maximum atomic E-state index is 13.7. The van der Waals surface area contributed by atoms with Gasteiger partial charge in [-0.25, -0.2) is 15.2 Å². The third-order valence-electron chi connectivity index (χ3n) is 3.69. The summed E-state index contributed by atoms with van der Waals surface area (Å²) in [7, 11) is 0. The molecule has 100 valence electrons. The Labute approximate surface area is 106 Å². The zero-order valence-corrected chi connectivity index (χ0v) is 10.8. The molecule has 0 spiro atoms. The quantitative estimate of drug-likeness (QED) is 0.569. The van der Waals surface area contributed by atoms with Crippen molar-refractivity contribution in [2.24, 2.45) is 11.3 Å². The van der Waals surface area contributed by atoms with Crippen LogP contribution in [-0.4, -0.2) is 16.0 Å². The zero-order valence-electron chi connectivity index (χ0n) is 10.8. The fourth-order valence-corrected chi connectivity index (χ4v) is 2.46. The number of aromatic nitrogens is 2. The van der Waals surface area contributed by atoms with E-state index in [1.807, 2.05) is 0 Å². The summed E-state index contributed by atoms with van der Waals surface area (Å²) < 4.78 is 13.7. The third kappa shape index (κ3) is 2.69. The first-order chi connectivity index (χ1) is 8.53. The molecular formula is C12H20FN5. The van der Waals surface area contributed by atoms with E-state index in [-0.39, 0.29) is 23.2 Å². The molecule has 0 aromatic carbocycles. The molecular weight excluding hydrogens is 233 g/mol. The van der Waals surface area contributed by atoms with Crippen LogP contribution in [-0.2, 0) is 0 Å². The van der Waals surface area contributed by atoms with E-state index in [0.717, 1.165) is 25.5 Å². The van der Waals surface area contributed by atoms with Crippen molar-refractivity contribution in [1.29, 1.82) is 0 Å². The average molecular weight is 253 g/mol. The Morgan fingerprint density at radius 1 is 1.44 bits per heavy atom. The number of halogens is 1. The van der Waals surface area contributed by atoms with Crippen LogP contribution in [0.4, 0.5) is 16.2 Å². The van der Waals surface area contributed by atoms with E-state index >= 15 is 0 Å². The first kappa shape index (κ1) is 13.0. The number of rotatable bonds is 3.